The van der Waals surface area contributed by atoms with E-state index in [1.54, 1.807) is 7.11 Å². The van der Waals surface area contributed by atoms with Crippen molar-refractivity contribution in [2.45, 2.75) is 5.92 Å². The molecule has 2 atom stereocenters. The number of para-hydroxylation sites is 1. The van der Waals surface area contributed by atoms with Gasteiger partial charge in [0.05, 0.1) is 18.6 Å². The maximum absolute atomic E-state index is 11.7. The zero-order valence-corrected chi connectivity index (χ0v) is 10.6. The average Bonchev–Trinajstić information content (AvgIpc) is 2.64. The molecule has 1 aromatic carbocycles. The van der Waals surface area contributed by atoms with Crippen molar-refractivity contribution < 1.29 is 13.2 Å². The molecule has 5 heteroatoms. The Labute approximate surface area is 102 Å². The van der Waals surface area contributed by atoms with Crippen LogP contribution in [0.5, 0.6) is 5.75 Å². The summed E-state index contributed by atoms with van der Waals surface area (Å²) in [5, 5.41) is 0. The molecule has 1 aromatic rings. The molecule has 4 nitrogen and oxygen atoms in total. The molecule has 1 aliphatic rings. The standard InChI is InChI=1S/C12H17NO3S/c1-16-12-5-3-2-4-10(12)11-8-17(14,15)7-9(11)6-13/h2-5,9,11H,6-8,13H2,1H3. The lowest BCUT2D eigenvalue weighted by atomic mass is 9.88. The fourth-order valence-electron chi connectivity index (χ4n) is 2.47. The largest absolute Gasteiger partial charge is 0.496 e. The summed E-state index contributed by atoms with van der Waals surface area (Å²) in [6.45, 7) is 0.391. The number of methoxy groups -OCH3 is 1. The molecule has 0 aliphatic carbocycles. The highest BCUT2D eigenvalue weighted by Crippen LogP contribution is 2.37. The van der Waals surface area contributed by atoms with E-state index < -0.39 is 9.84 Å². The van der Waals surface area contributed by atoms with Crippen LogP contribution < -0.4 is 10.5 Å². The lowest BCUT2D eigenvalue weighted by Gasteiger charge is -2.18. The van der Waals surface area contributed by atoms with Crippen LogP contribution in [-0.2, 0) is 9.84 Å². The van der Waals surface area contributed by atoms with Crippen molar-refractivity contribution in [2.75, 3.05) is 25.2 Å². The van der Waals surface area contributed by atoms with Gasteiger partial charge >= 0.3 is 0 Å². The van der Waals surface area contributed by atoms with Crippen molar-refractivity contribution in [3.8, 4) is 5.75 Å². The van der Waals surface area contributed by atoms with Gasteiger partial charge < -0.3 is 10.5 Å². The van der Waals surface area contributed by atoms with E-state index in [1.165, 1.54) is 0 Å². The van der Waals surface area contributed by atoms with Crippen LogP contribution in [0.2, 0.25) is 0 Å². The second-order valence-electron chi connectivity index (χ2n) is 4.42. The molecule has 2 N–H and O–H groups in total. The third-order valence-electron chi connectivity index (χ3n) is 3.31. The van der Waals surface area contributed by atoms with Crippen LogP contribution in [0.1, 0.15) is 11.5 Å². The molecule has 0 saturated carbocycles. The molecule has 1 saturated heterocycles. The second-order valence-corrected chi connectivity index (χ2v) is 6.57. The normalized spacial score (nSPS) is 26.9. The minimum absolute atomic E-state index is 0.00343. The van der Waals surface area contributed by atoms with Gasteiger partial charge in [0, 0.05) is 5.92 Å². The van der Waals surface area contributed by atoms with E-state index in [0.717, 1.165) is 11.3 Å². The van der Waals surface area contributed by atoms with Gasteiger partial charge in [-0.05, 0) is 24.1 Å². The Bertz CT molecular complexity index is 498. The van der Waals surface area contributed by atoms with E-state index in [9.17, 15) is 8.42 Å². The first-order valence-corrected chi connectivity index (χ1v) is 7.43. The lowest BCUT2D eigenvalue weighted by Crippen LogP contribution is -2.21. The number of ether oxygens (including phenoxy) is 1. The molecule has 2 rings (SSSR count). The maximum Gasteiger partial charge on any atom is 0.151 e. The van der Waals surface area contributed by atoms with Gasteiger partial charge in [-0.1, -0.05) is 18.2 Å². The number of hydrogen-bond donors (Lipinski definition) is 1. The molecular weight excluding hydrogens is 238 g/mol. The van der Waals surface area contributed by atoms with E-state index in [-0.39, 0.29) is 23.3 Å². The number of nitrogens with two attached hydrogens (primary N) is 1. The van der Waals surface area contributed by atoms with Crippen molar-refractivity contribution in [3.63, 3.8) is 0 Å². The summed E-state index contributed by atoms with van der Waals surface area (Å²) >= 11 is 0. The van der Waals surface area contributed by atoms with E-state index in [4.69, 9.17) is 10.5 Å². The Morgan fingerprint density at radius 2 is 2.06 bits per heavy atom. The SMILES string of the molecule is COc1ccccc1C1CS(=O)(=O)CC1CN. The topological polar surface area (TPSA) is 69.4 Å². The fraction of sp³-hybridized carbons (Fsp3) is 0.500. The van der Waals surface area contributed by atoms with Crippen molar-refractivity contribution in [1.29, 1.82) is 0 Å². The molecule has 1 aliphatic heterocycles. The minimum atomic E-state index is -2.97. The molecule has 0 aromatic heterocycles. The summed E-state index contributed by atoms with van der Waals surface area (Å²) in [6, 6.07) is 7.56. The maximum atomic E-state index is 11.7. The smallest absolute Gasteiger partial charge is 0.151 e. The molecule has 94 valence electrons. The Morgan fingerprint density at radius 1 is 1.35 bits per heavy atom. The van der Waals surface area contributed by atoms with E-state index in [0.29, 0.717) is 6.54 Å². The van der Waals surface area contributed by atoms with Crippen LogP contribution in [0.15, 0.2) is 24.3 Å². The Balaban J connectivity index is 2.39. The molecule has 0 radical (unpaired) electrons. The number of benzene rings is 1. The Hall–Kier alpha value is -1.07. The summed E-state index contributed by atoms with van der Waals surface area (Å²) in [7, 11) is -1.37. The molecule has 17 heavy (non-hydrogen) atoms. The summed E-state index contributed by atoms with van der Waals surface area (Å²) in [4.78, 5) is 0. The first-order valence-electron chi connectivity index (χ1n) is 5.61. The van der Waals surface area contributed by atoms with Crippen LogP contribution in [0.3, 0.4) is 0 Å². The van der Waals surface area contributed by atoms with Crippen molar-refractivity contribution in [1.82, 2.24) is 0 Å². The van der Waals surface area contributed by atoms with E-state index in [2.05, 4.69) is 0 Å². The predicted octanol–water partition coefficient (Wildman–Crippen LogP) is 0.782. The zero-order valence-electron chi connectivity index (χ0n) is 9.80. The van der Waals surface area contributed by atoms with E-state index in [1.807, 2.05) is 24.3 Å². The van der Waals surface area contributed by atoms with Crippen LogP contribution in [0.4, 0.5) is 0 Å². The average molecular weight is 255 g/mol. The van der Waals surface area contributed by atoms with Crippen molar-refractivity contribution >= 4 is 9.84 Å². The Kier molecular flexibility index (Phi) is 3.40. The molecule has 2 unspecified atom stereocenters. The monoisotopic (exact) mass is 255 g/mol. The quantitative estimate of drug-likeness (QED) is 0.866. The zero-order chi connectivity index (χ0) is 12.5. The van der Waals surface area contributed by atoms with Gasteiger partial charge in [0.1, 0.15) is 5.75 Å². The van der Waals surface area contributed by atoms with E-state index >= 15 is 0 Å². The molecule has 0 bridgehead atoms. The molecule has 1 fully saturated rings. The van der Waals surface area contributed by atoms with Gasteiger partial charge in [-0.3, -0.25) is 0 Å². The summed E-state index contributed by atoms with van der Waals surface area (Å²) in [5.41, 5.74) is 6.62. The van der Waals surface area contributed by atoms with Gasteiger partial charge in [0.25, 0.3) is 0 Å². The summed E-state index contributed by atoms with van der Waals surface area (Å²) < 4.78 is 28.7. The number of rotatable bonds is 3. The fourth-order valence-corrected chi connectivity index (χ4v) is 4.62. The minimum Gasteiger partial charge on any atom is -0.496 e. The number of sulfone groups is 1. The summed E-state index contributed by atoms with van der Waals surface area (Å²) in [6.07, 6.45) is 0. The third kappa shape index (κ3) is 2.45. The predicted molar refractivity (Wildman–Crippen MR) is 66.9 cm³/mol. The van der Waals surface area contributed by atoms with Crippen LogP contribution >= 0.6 is 0 Å². The third-order valence-corrected chi connectivity index (χ3v) is 5.11. The highest BCUT2D eigenvalue weighted by Gasteiger charge is 2.38. The Morgan fingerprint density at radius 3 is 2.71 bits per heavy atom. The second kappa shape index (κ2) is 4.66. The van der Waals surface area contributed by atoms with Crippen molar-refractivity contribution in [2.24, 2.45) is 11.7 Å². The first kappa shape index (κ1) is 12.4. The van der Waals surface area contributed by atoms with Gasteiger partial charge in [-0.25, -0.2) is 8.42 Å². The van der Waals surface area contributed by atoms with Crippen LogP contribution in [0, 0.1) is 5.92 Å². The van der Waals surface area contributed by atoms with Gasteiger partial charge in [-0.2, -0.15) is 0 Å². The number of hydrogen-bond acceptors (Lipinski definition) is 4. The van der Waals surface area contributed by atoms with Gasteiger partial charge in [0.15, 0.2) is 9.84 Å². The summed E-state index contributed by atoms with van der Waals surface area (Å²) in [5.74, 6) is 1.06. The highest BCUT2D eigenvalue weighted by molar-refractivity contribution is 7.91. The molecule has 0 amide bonds. The molecular formula is C12H17NO3S. The van der Waals surface area contributed by atoms with Gasteiger partial charge in [0.2, 0.25) is 0 Å². The highest BCUT2D eigenvalue weighted by atomic mass is 32.2. The van der Waals surface area contributed by atoms with Gasteiger partial charge in [-0.15, -0.1) is 0 Å². The lowest BCUT2D eigenvalue weighted by molar-refractivity contribution is 0.400. The van der Waals surface area contributed by atoms with Crippen LogP contribution in [0.25, 0.3) is 0 Å². The molecule has 1 heterocycles. The van der Waals surface area contributed by atoms with Crippen molar-refractivity contribution in [3.05, 3.63) is 29.8 Å². The molecule has 0 spiro atoms. The van der Waals surface area contributed by atoms with Crippen LogP contribution in [-0.4, -0.2) is 33.6 Å². The first-order chi connectivity index (χ1) is 8.07.